The standard InChI is InChI=1S/C20H18F2N4O2/c1-2-26-19(27)15(13-4-3-8-23-18(13)22)11-25-20(26)24-10-14-12-7-9-28-17(12)6-5-16(14)21/h3-6,8,11H,2,7,9-10H2,1H3,(H,24,25). The van der Waals surface area contributed by atoms with Crippen LogP contribution in [-0.2, 0) is 19.5 Å². The van der Waals surface area contributed by atoms with Crippen LogP contribution < -0.4 is 15.6 Å². The van der Waals surface area contributed by atoms with Crippen molar-refractivity contribution >= 4 is 5.95 Å². The van der Waals surface area contributed by atoms with Gasteiger partial charge in [0.1, 0.15) is 11.6 Å². The molecule has 1 N–H and O–H groups in total. The molecule has 0 spiro atoms. The van der Waals surface area contributed by atoms with Crippen LogP contribution in [0.1, 0.15) is 18.1 Å². The second kappa shape index (κ2) is 7.38. The van der Waals surface area contributed by atoms with Gasteiger partial charge in [-0.05, 0) is 31.2 Å². The van der Waals surface area contributed by atoms with Crippen LogP contribution >= 0.6 is 0 Å². The zero-order valence-electron chi connectivity index (χ0n) is 15.2. The average Bonchev–Trinajstić information content (AvgIpc) is 3.17. The van der Waals surface area contributed by atoms with Gasteiger partial charge in [0.25, 0.3) is 5.56 Å². The van der Waals surface area contributed by atoms with Crippen LogP contribution in [0.25, 0.3) is 11.1 Å². The molecule has 0 atom stereocenters. The van der Waals surface area contributed by atoms with E-state index in [1.807, 2.05) is 0 Å². The monoisotopic (exact) mass is 384 g/mol. The van der Waals surface area contributed by atoms with E-state index in [2.05, 4.69) is 15.3 Å². The number of fused-ring (bicyclic) bond motifs is 1. The summed E-state index contributed by atoms with van der Waals surface area (Å²) in [5.41, 5.74) is 1.14. The lowest BCUT2D eigenvalue weighted by atomic mass is 10.0. The van der Waals surface area contributed by atoms with Gasteiger partial charge in [0.2, 0.25) is 11.9 Å². The summed E-state index contributed by atoms with van der Waals surface area (Å²) in [5.74, 6) is -0.0965. The lowest BCUT2D eigenvalue weighted by Gasteiger charge is -2.15. The summed E-state index contributed by atoms with van der Waals surface area (Å²) in [6, 6.07) is 6.03. The van der Waals surface area contributed by atoms with Crippen LogP contribution in [0.3, 0.4) is 0 Å². The summed E-state index contributed by atoms with van der Waals surface area (Å²) in [6.45, 7) is 2.79. The van der Waals surface area contributed by atoms with Crippen molar-refractivity contribution in [1.29, 1.82) is 0 Å². The Morgan fingerprint density at radius 2 is 2.07 bits per heavy atom. The maximum Gasteiger partial charge on any atom is 0.262 e. The summed E-state index contributed by atoms with van der Waals surface area (Å²) in [4.78, 5) is 20.7. The average molecular weight is 384 g/mol. The Kier molecular flexibility index (Phi) is 4.77. The number of rotatable bonds is 5. The number of hydrogen-bond donors (Lipinski definition) is 1. The fraction of sp³-hybridized carbons (Fsp3) is 0.250. The van der Waals surface area contributed by atoms with Gasteiger partial charge in [-0.15, -0.1) is 0 Å². The van der Waals surface area contributed by atoms with Crippen molar-refractivity contribution < 1.29 is 13.5 Å². The second-order valence-corrected chi connectivity index (χ2v) is 6.34. The predicted octanol–water partition coefficient (Wildman–Crippen LogP) is 3.15. The van der Waals surface area contributed by atoms with Gasteiger partial charge < -0.3 is 10.1 Å². The molecule has 1 aliphatic rings. The van der Waals surface area contributed by atoms with E-state index in [4.69, 9.17) is 4.74 Å². The van der Waals surface area contributed by atoms with Gasteiger partial charge in [0.15, 0.2) is 0 Å². The van der Waals surface area contributed by atoms with E-state index in [9.17, 15) is 13.6 Å². The van der Waals surface area contributed by atoms with E-state index in [0.29, 0.717) is 30.9 Å². The largest absolute Gasteiger partial charge is 0.493 e. The summed E-state index contributed by atoms with van der Waals surface area (Å²) in [5, 5.41) is 3.03. The van der Waals surface area contributed by atoms with Crippen LogP contribution in [0.5, 0.6) is 5.75 Å². The molecule has 0 fully saturated rings. The van der Waals surface area contributed by atoms with E-state index in [1.54, 1.807) is 19.1 Å². The lowest BCUT2D eigenvalue weighted by Crippen LogP contribution is -2.26. The van der Waals surface area contributed by atoms with Crippen molar-refractivity contribution in [2.45, 2.75) is 26.4 Å². The molecule has 1 aliphatic heterocycles. The number of aromatic nitrogens is 3. The Labute approximate surface area is 159 Å². The smallest absolute Gasteiger partial charge is 0.262 e. The van der Waals surface area contributed by atoms with Crippen LogP contribution in [-0.4, -0.2) is 21.1 Å². The minimum Gasteiger partial charge on any atom is -0.493 e. The highest BCUT2D eigenvalue weighted by Crippen LogP contribution is 2.30. The highest BCUT2D eigenvalue weighted by molar-refractivity contribution is 5.61. The first-order valence-corrected chi connectivity index (χ1v) is 8.97. The van der Waals surface area contributed by atoms with Crippen molar-refractivity contribution in [3.63, 3.8) is 0 Å². The van der Waals surface area contributed by atoms with E-state index >= 15 is 0 Å². The third-order valence-electron chi connectivity index (χ3n) is 4.78. The highest BCUT2D eigenvalue weighted by atomic mass is 19.1. The number of benzene rings is 1. The quantitative estimate of drug-likeness (QED) is 0.685. The van der Waals surface area contributed by atoms with Gasteiger partial charge in [-0.1, -0.05) is 0 Å². The fourth-order valence-electron chi connectivity index (χ4n) is 3.37. The van der Waals surface area contributed by atoms with Gasteiger partial charge in [0.05, 0.1) is 12.2 Å². The number of hydrogen-bond acceptors (Lipinski definition) is 5. The van der Waals surface area contributed by atoms with Crippen molar-refractivity contribution in [2.24, 2.45) is 0 Å². The zero-order valence-corrected chi connectivity index (χ0v) is 15.2. The molecule has 0 saturated carbocycles. The molecule has 0 amide bonds. The normalized spacial score (nSPS) is 12.5. The maximum absolute atomic E-state index is 14.3. The molecule has 4 rings (SSSR count). The van der Waals surface area contributed by atoms with Crippen LogP contribution in [0.2, 0.25) is 0 Å². The first-order chi connectivity index (χ1) is 13.6. The summed E-state index contributed by atoms with van der Waals surface area (Å²) in [6.07, 6.45) is 3.26. The van der Waals surface area contributed by atoms with Gasteiger partial charge >= 0.3 is 0 Å². The first-order valence-electron chi connectivity index (χ1n) is 8.97. The van der Waals surface area contributed by atoms with Gasteiger partial charge in [-0.25, -0.2) is 14.4 Å². The Morgan fingerprint density at radius 1 is 1.21 bits per heavy atom. The molecule has 0 radical (unpaired) electrons. The second-order valence-electron chi connectivity index (χ2n) is 6.34. The third kappa shape index (κ3) is 3.11. The minimum atomic E-state index is -0.730. The summed E-state index contributed by atoms with van der Waals surface area (Å²) < 4.78 is 35.2. The third-order valence-corrected chi connectivity index (χ3v) is 4.78. The molecule has 1 aromatic carbocycles. The van der Waals surface area contributed by atoms with Crippen LogP contribution in [0.4, 0.5) is 14.7 Å². The highest BCUT2D eigenvalue weighted by Gasteiger charge is 2.20. The van der Waals surface area contributed by atoms with Crippen molar-refractivity contribution in [1.82, 2.24) is 14.5 Å². The molecule has 0 bridgehead atoms. The van der Waals surface area contributed by atoms with Gasteiger partial charge in [-0.3, -0.25) is 9.36 Å². The number of halogens is 2. The molecule has 6 nitrogen and oxygen atoms in total. The molecule has 0 unspecified atom stereocenters. The van der Waals surface area contributed by atoms with Crippen LogP contribution in [0, 0.1) is 11.8 Å². The molecule has 144 valence electrons. The molecule has 3 aromatic rings. The zero-order chi connectivity index (χ0) is 19.7. The maximum atomic E-state index is 14.3. The van der Waals surface area contributed by atoms with E-state index in [1.165, 1.54) is 29.1 Å². The topological polar surface area (TPSA) is 69.0 Å². The molecule has 3 heterocycles. The molecule has 28 heavy (non-hydrogen) atoms. The SMILES string of the molecule is CCn1c(NCc2c(F)ccc3c2CCO3)ncc(-c2cccnc2F)c1=O. The summed E-state index contributed by atoms with van der Waals surface area (Å²) in [7, 11) is 0. The Bertz CT molecular complexity index is 1100. The van der Waals surface area contributed by atoms with E-state index < -0.39 is 11.5 Å². The number of nitrogens with zero attached hydrogens (tertiary/aromatic N) is 3. The van der Waals surface area contributed by atoms with E-state index in [-0.39, 0.29) is 29.4 Å². The number of nitrogens with one attached hydrogen (secondary N) is 1. The minimum absolute atomic E-state index is 0.0952. The number of pyridine rings is 1. The Hall–Kier alpha value is -3.29. The first kappa shape index (κ1) is 18.1. The van der Waals surface area contributed by atoms with Crippen molar-refractivity contribution in [3.8, 4) is 16.9 Å². The van der Waals surface area contributed by atoms with Gasteiger partial charge in [0, 0.05) is 48.6 Å². The Morgan fingerprint density at radius 3 is 2.86 bits per heavy atom. The molecule has 0 aliphatic carbocycles. The molecular formula is C20H18F2N4O2. The summed E-state index contributed by atoms with van der Waals surface area (Å²) >= 11 is 0. The predicted molar refractivity (Wildman–Crippen MR) is 100 cm³/mol. The molecular weight excluding hydrogens is 366 g/mol. The fourth-order valence-corrected chi connectivity index (χ4v) is 3.37. The number of anilines is 1. The Balaban J connectivity index is 1.67. The molecule has 2 aromatic heterocycles. The molecule has 0 saturated heterocycles. The number of ether oxygens (including phenoxy) is 1. The molecule has 8 heteroatoms. The van der Waals surface area contributed by atoms with Crippen molar-refractivity contribution in [3.05, 3.63) is 69.9 Å². The van der Waals surface area contributed by atoms with Gasteiger partial charge in [-0.2, -0.15) is 4.39 Å². The lowest BCUT2D eigenvalue weighted by molar-refractivity contribution is 0.356. The van der Waals surface area contributed by atoms with E-state index in [0.717, 1.165) is 5.56 Å². The van der Waals surface area contributed by atoms with Crippen LogP contribution in [0.15, 0.2) is 41.5 Å². The van der Waals surface area contributed by atoms with Crippen molar-refractivity contribution in [2.75, 3.05) is 11.9 Å².